The Labute approximate surface area is 148 Å². The van der Waals surface area contributed by atoms with Crippen LogP contribution < -0.4 is 10.0 Å². The fourth-order valence-corrected chi connectivity index (χ4v) is 3.68. The Hall–Kier alpha value is -2.38. The van der Waals surface area contributed by atoms with Crippen LogP contribution in [0.2, 0.25) is 0 Å². The number of amides is 1. The predicted molar refractivity (Wildman–Crippen MR) is 97.4 cm³/mol. The highest BCUT2D eigenvalue weighted by atomic mass is 32.2. The van der Waals surface area contributed by atoms with Gasteiger partial charge in [0.25, 0.3) is 15.9 Å². The van der Waals surface area contributed by atoms with Gasteiger partial charge in [0.05, 0.1) is 11.5 Å². The van der Waals surface area contributed by atoms with Gasteiger partial charge in [-0.25, -0.2) is 8.42 Å². The van der Waals surface area contributed by atoms with Gasteiger partial charge >= 0.3 is 0 Å². The molecule has 0 radical (unpaired) electrons. The molecule has 0 aliphatic carbocycles. The second-order valence-corrected chi connectivity index (χ2v) is 7.35. The molecule has 0 heterocycles. The molecule has 6 nitrogen and oxygen atoms in total. The summed E-state index contributed by atoms with van der Waals surface area (Å²) in [5.74, 6) is -0.287. The number of rotatable bonds is 7. The van der Waals surface area contributed by atoms with E-state index in [1.54, 1.807) is 44.4 Å². The fourth-order valence-electron chi connectivity index (χ4n) is 2.30. The quantitative estimate of drug-likeness (QED) is 0.741. The molecule has 0 spiro atoms. The summed E-state index contributed by atoms with van der Waals surface area (Å²) >= 11 is 0. The molecule has 0 aliphatic rings. The summed E-state index contributed by atoms with van der Waals surface area (Å²) in [7, 11) is -2.18. The summed E-state index contributed by atoms with van der Waals surface area (Å²) in [4.78, 5) is 12.3. The molecule has 2 aromatic rings. The average molecular weight is 362 g/mol. The first-order chi connectivity index (χ1) is 11.8. The van der Waals surface area contributed by atoms with E-state index in [1.165, 1.54) is 6.07 Å². The van der Waals surface area contributed by atoms with E-state index in [1.807, 2.05) is 13.0 Å². The van der Waals surface area contributed by atoms with Gasteiger partial charge in [0.15, 0.2) is 0 Å². The van der Waals surface area contributed by atoms with E-state index in [-0.39, 0.29) is 10.8 Å². The maximum absolute atomic E-state index is 12.6. The van der Waals surface area contributed by atoms with Crippen LogP contribution in [-0.4, -0.2) is 34.6 Å². The Morgan fingerprint density at radius 3 is 2.60 bits per heavy atom. The molecule has 2 aromatic carbocycles. The van der Waals surface area contributed by atoms with Crippen LogP contribution in [0.4, 0.5) is 5.69 Å². The normalized spacial score (nSPS) is 11.2. The van der Waals surface area contributed by atoms with E-state index in [0.717, 1.165) is 5.56 Å². The van der Waals surface area contributed by atoms with E-state index in [9.17, 15) is 13.2 Å². The molecule has 0 unspecified atom stereocenters. The van der Waals surface area contributed by atoms with Crippen molar-refractivity contribution in [3.05, 3.63) is 59.2 Å². The molecule has 134 valence electrons. The molecule has 0 saturated heterocycles. The van der Waals surface area contributed by atoms with Crippen LogP contribution in [0.5, 0.6) is 0 Å². The van der Waals surface area contributed by atoms with Crippen molar-refractivity contribution in [3.63, 3.8) is 0 Å². The maximum Gasteiger partial charge on any atom is 0.262 e. The predicted octanol–water partition coefficient (Wildman–Crippen LogP) is 2.48. The lowest BCUT2D eigenvalue weighted by atomic mass is 10.2. The third-order valence-electron chi connectivity index (χ3n) is 3.60. The number of aryl methyl sites for hydroxylation is 2. The van der Waals surface area contributed by atoms with Gasteiger partial charge in [-0.15, -0.1) is 0 Å². The Kier molecular flexibility index (Phi) is 6.17. The Morgan fingerprint density at radius 1 is 1.12 bits per heavy atom. The minimum atomic E-state index is -3.73. The highest BCUT2D eigenvalue weighted by Crippen LogP contribution is 2.21. The molecular weight excluding hydrogens is 340 g/mol. The number of nitrogens with one attached hydrogen (secondary N) is 2. The number of benzene rings is 2. The number of hydrogen-bond donors (Lipinski definition) is 2. The molecule has 7 heteroatoms. The first-order valence-corrected chi connectivity index (χ1v) is 9.29. The van der Waals surface area contributed by atoms with Crippen molar-refractivity contribution in [2.24, 2.45) is 0 Å². The number of sulfonamides is 1. The van der Waals surface area contributed by atoms with Gasteiger partial charge in [0.1, 0.15) is 0 Å². The van der Waals surface area contributed by atoms with Gasteiger partial charge in [0.2, 0.25) is 0 Å². The Bertz CT molecular complexity index is 863. The zero-order valence-corrected chi connectivity index (χ0v) is 15.3. The van der Waals surface area contributed by atoms with E-state index < -0.39 is 10.0 Å². The second kappa shape index (κ2) is 8.13. The summed E-state index contributed by atoms with van der Waals surface area (Å²) in [5.41, 5.74) is 2.22. The van der Waals surface area contributed by atoms with Gasteiger partial charge in [0, 0.05) is 24.9 Å². The zero-order chi connectivity index (χ0) is 18.4. The molecule has 1 amide bonds. The van der Waals surface area contributed by atoms with E-state index in [2.05, 4.69) is 10.0 Å². The van der Waals surface area contributed by atoms with Crippen LogP contribution in [-0.2, 0) is 14.8 Å². The minimum absolute atomic E-state index is 0.224. The van der Waals surface area contributed by atoms with Crippen LogP contribution in [0, 0.1) is 13.8 Å². The number of anilines is 1. The van der Waals surface area contributed by atoms with Crippen molar-refractivity contribution < 1.29 is 17.9 Å². The van der Waals surface area contributed by atoms with Gasteiger partial charge in [-0.1, -0.05) is 18.2 Å². The summed E-state index contributed by atoms with van der Waals surface area (Å²) in [6.07, 6.45) is 0. The van der Waals surface area contributed by atoms with Gasteiger partial charge in [-0.05, 0) is 49.2 Å². The number of hydrogen-bond acceptors (Lipinski definition) is 4. The zero-order valence-electron chi connectivity index (χ0n) is 14.5. The summed E-state index contributed by atoms with van der Waals surface area (Å²) in [5, 5.41) is 2.70. The lowest BCUT2D eigenvalue weighted by Gasteiger charge is -2.12. The van der Waals surface area contributed by atoms with Gasteiger partial charge < -0.3 is 10.1 Å². The smallest absolute Gasteiger partial charge is 0.262 e. The molecule has 2 N–H and O–H groups in total. The fraction of sp³-hybridized carbons (Fsp3) is 0.278. The van der Waals surface area contributed by atoms with Crippen LogP contribution in [0.1, 0.15) is 21.5 Å². The van der Waals surface area contributed by atoms with Gasteiger partial charge in [-0.3, -0.25) is 9.52 Å². The minimum Gasteiger partial charge on any atom is -0.383 e. The molecule has 0 atom stereocenters. The highest BCUT2D eigenvalue weighted by molar-refractivity contribution is 7.92. The van der Waals surface area contributed by atoms with Crippen LogP contribution >= 0.6 is 0 Å². The first kappa shape index (κ1) is 19.0. The lowest BCUT2D eigenvalue weighted by molar-refractivity contribution is 0.0937. The molecule has 2 rings (SSSR count). The number of methoxy groups -OCH3 is 1. The van der Waals surface area contributed by atoms with Crippen molar-refractivity contribution in [2.75, 3.05) is 25.0 Å². The largest absolute Gasteiger partial charge is 0.383 e. The third kappa shape index (κ3) is 5.04. The average Bonchev–Trinajstić information content (AvgIpc) is 2.57. The van der Waals surface area contributed by atoms with Gasteiger partial charge in [-0.2, -0.15) is 0 Å². The van der Waals surface area contributed by atoms with E-state index >= 15 is 0 Å². The molecule has 0 bridgehead atoms. The molecule has 25 heavy (non-hydrogen) atoms. The Morgan fingerprint density at radius 2 is 1.88 bits per heavy atom. The number of carbonyl (C=O) groups is 1. The monoisotopic (exact) mass is 362 g/mol. The van der Waals surface area contributed by atoms with Crippen molar-refractivity contribution in [3.8, 4) is 0 Å². The van der Waals surface area contributed by atoms with E-state index in [0.29, 0.717) is 30.0 Å². The lowest BCUT2D eigenvalue weighted by Crippen LogP contribution is -2.27. The van der Waals surface area contributed by atoms with Crippen LogP contribution in [0.15, 0.2) is 47.4 Å². The second-order valence-electron chi connectivity index (χ2n) is 5.70. The summed E-state index contributed by atoms with van der Waals surface area (Å²) in [6.45, 7) is 4.37. The Balaban J connectivity index is 2.21. The first-order valence-electron chi connectivity index (χ1n) is 7.81. The molecule has 0 aliphatic heterocycles. The van der Waals surface area contributed by atoms with Crippen molar-refractivity contribution in [1.82, 2.24) is 5.32 Å². The standard InChI is InChI=1S/C18H22N2O4S/c1-13-7-8-14(2)17(11-13)25(22,23)20-16-6-4-5-15(12-16)18(21)19-9-10-24-3/h4-8,11-12,20H,9-10H2,1-3H3,(H,19,21). The summed E-state index contributed by atoms with van der Waals surface area (Å²) in [6, 6.07) is 11.6. The van der Waals surface area contributed by atoms with Crippen molar-refractivity contribution >= 4 is 21.6 Å². The number of carbonyl (C=O) groups excluding carboxylic acids is 1. The summed E-state index contributed by atoms with van der Waals surface area (Å²) < 4.78 is 32.7. The maximum atomic E-state index is 12.6. The van der Waals surface area contributed by atoms with Crippen LogP contribution in [0.3, 0.4) is 0 Å². The molecule has 0 aromatic heterocycles. The topological polar surface area (TPSA) is 84.5 Å². The SMILES string of the molecule is COCCNC(=O)c1cccc(NS(=O)(=O)c2cc(C)ccc2C)c1. The van der Waals surface area contributed by atoms with Crippen molar-refractivity contribution in [1.29, 1.82) is 0 Å². The van der Waals surface area contributed by atoms with Crippen LogP contribution in [0.25, 0.3) is 0 Å². The third-order valence-corrected chi connectivity index (χ3v) is 5.13. The molecular formula is C18H22N2O4S. The number of ether oxygens (including phenoxy) is 1. The molecule has 0 fully saturated rings. The highest BCUT2D eigenvalue weighted by Gasteiger charge is 2.17. The molecule has 0 saturated carbocycles. The van der Waals surface area contributed by atoms with E-state index in [4.69, 9.17) is 4.74 Å². The van der Waals surface area contributed by atoms with Crippen molar-refractivity contribution in [2.45, 2.75) is 18.7 Å².